The number of amides is 6. The van der Waals surface area contributed by atoms with Gasteiger partial charge in [-0.15, -0.1) is 5.10 Å². The van der Waals surface area contributed by atoms with Crippen LogP contribution in [-0.4, -0.2) is 180 Å². The van der Waals surface area contributed by atoms with Crippen LogP contribution in [0.1, 0.15) is 143 Å². The number of pyridine rings is 2. The van der Waals surface area contributed by atoms with E-state index < -0.39 is 29.7 Å². The molecule has 0 aliphatic carbocycles. The van der Waals surface area contributed by atoms with Gasteiger partial charge in [0.25, 0.3) is 23.3 Å². The number of nitrogens with zero attached hydrogens (tertiary/aromatic N) is 8. The van der Waals surface area contributed by atoms with Crippen LogP contribution in [0.2, 0.25) is 0 Å². The van der Waals surface area contributed by atoms with Crippen molar-refractivity contribution in [2.75, 3.05) is 109 Å². The van der Waals surface area contributed by atoms with E-state index in [0.29, 0.717) is 129 Å². The van der Waals surface area contributed by atoms with Gasteiger partial charge in [-0.3, -0.25) is 43.8 Å². The van der Waals surface area contributed by atoms with Crippen molar-refractivity contribution in [3.8, 4) is 11.1 Å². The van der Waals surface area contributed by atoms with Crippen LogP contribution in [0.25, 0.3) is 22.0 Å². The predicted octanol–water partition coefficient (Wildman–Crippen LogP) is 7.03. The molecule has 0 spiro atoms. The van der Waals surface area contributed by atoms with E-state index in [4.69, 9.17) is 28.7 Å². The number of hydrogen-bond acceptors (Lipinski definition) is 17. The summed E-state index contributed by atoms with van der Waals surface area (Å²) >= 11 is 0. The van der Waals surface area contributed by atoms with Crippen molar-refractivity contribution < 1.29 is 52.5 Å². The summed E-state index contributed by atoms with van der Waals surface area (Å²) in [7, 11) is 0. The summed E-state index contributed by atoms with van der Waals surface area (Å²) in [5, 5.41) is 17.9. The number of carbonyl (C=O) groups excluding carboxylic acids is 6. The Morgan fingerprint density at radius 2 is 1.44 bits per heavy atom. The maximum atomic E-state index is 14.0. The lowest BCUT2D eigenvalue weighted by atomic mass is 9.98. The van der Waals surface area contributed by atoms with Crippen LogP contribution in [0, 0.1) is 20.8 Å². The average Bonchev–Trinajstić information content (AvgIpc) is 1.67. The third-order valence-corrected chi connectivity index (χ3v) is 17.0. The molecule has 4 aromatic heterocycles. The zero-order chi connectivity index (χ0) is 64.2. The van der Waals surface area contributed by atoms with Crippen molar-refractivity contribution in [3.63, 3.8) is 0 Å². The normalized spacial score (nSPS) is 15.4. The zero-order valence-electron chi connectivity index (χ0n) is 53.3. The van der Waals surface area contributed by atoms with Gasteiger partial charge in [-0.2, -0.15) is 0 Å². The number of anilines is 2. The quantitative estimate of drug-likeness (QED) is 0.0227. The van der Waals surface area contributed by atoms with E-state index in [-0.39, 0.29) is 53.9 Å². The molecule has 7 heterocycles. The maximum absolute atomic E-state index is 14.0. The number of H-pyrrole nitrogens is 1. The fraction of sp³-hybridized carbons (Fsp3) is 0.522. The summed E-state index contributed by atoms with van der Waals surface area (Å²) in [6.07, 6.45) is 14.8. The second kappa shape index (κ2) is 33.2. The molecule has 91 heavy (non-hydrogen) atoms. The molecule has 24 heteroatoms. The highest BCUT2D eigenvalue weighted by Gasteiger charge is 2.45. The van der Waals surface area contributed by atoms with Gasteiger partial charge < -0.3 is 53.7 Å². The molecule has 0 radical (unpaired) electrons. The number of carbonyl (C=O) groups is 6. The minimum absolute atomic E-state index is 0.0582. The summed E-state index contributed by atoms with van der Waals surface area (Å²) in [5.41, 5.74) is 8.16. The molecule has 1 unspecified atom stereocenters. The number of rotatable bonds is 36. The number of imide groups is 2. The van der Waals surface area contributed by atoms with Gasteiger partial charge >= 0.3 is 0 Å². The second-order valence-corrected chi connectivity index (χ2v) is 23.6. The van der Waals surface area contributed by atoms with Crippen molar-refractivity contribution >= 4 is 57.9 Å². The number of nitrogens with one attached hydrogen (secondary N) is 4. The Kier molecular flexibility index (Phi) is 24.6. The first kappa shape index (κ1) is 67.2. The molecule has 3 aliphatic rings. The molecule has 9 rings (SSSR count). The highest BCUT2D eigenvalue weighted by molar-refractivity contribution is 6.25. The number of ether oxygens (including phenoxy) is 5. The Balaban J connectivity index is 0.558. The van der Waals surface area contributed by atoms with Gasteiger partial charge in [0.15, 0.2) is 0 Å². The Morgan fingerprint density at radius 1 is 0.747 bits per heavy atom. The Morgan fingerprint density at radius 3 is 2.12 bits per heavy atom. The van der Waals surface area contributed by atoms with Crippen LogP contribution in [0.15, 0.2) is 71.9 Å². The van der Waals surface area contributed by atoms with Crippen LogP contribution < -0.4 is 26.4 Å². The molecule has 2 fully saturated rings. The summed E-state index contributed by atoms with van der Waals surface area (Å²) in [6, 6.07) is 14.2. The van der Waals surface area contributed by atoms with E-state index in [1.54, 1.807) is 18.2 Å². The molecule has 24 nitrogen and oxygen atoms in total. The lowest BCUT2D eigenvalue weighted by Gasteiger charge is -2.35. The lowest BCUT2D eigenvalue weighted by Crippen LogP contribution is -2.54. The van der Waals surface area contributed by atoms with Gasteiger partial charge in [0, 0.05) is 116 Å². The fourth-order valence-electron chi connectivity index (χ4n) is 11.9. The number of fused-ring (bicyclic) bond motifs is 2. The summed E-state index contributed by atoms with van der Waals surface area (Å²) in [4.78, 5) is 103. The Bertz CT molecular complexity index is 3540. The first-order valence-electron chi connectivity index (χ1n) is 32.2. The van der Waals surface area contributed by atoms with Crippen molar-refractivity contribution in [1.82, 2.24) is 50.0 Å². The number of hydrogen-bond donors (Lipinski definition) is 4. The number of piperazine rings is 1. The van der Waals surface area contributed by atoms with Crippen LogP contribution in [-0.2, 0) is 57.6 Å². The van der Waals surface area contributed by atoms with Crippen molar-refractivity contribution in [3.05, 3.63) is 122 Å². The van der Waals surface area contributed by atoms with Crippen molar-refractivity contribution in [1.29, 1.82) is 0 Å². The zero-order valence-corrected chi connectivity index (χ0v) is 53.3. The van der Waals surface area contributed by atoms with Crippen LogP contribution in [0.4, 0.5) is 11.5 Å². The van der Waals surface area contributed by atoms with Gasteiger partial charge in [-0.25, -0.2) is 9.67 Å². The van der Waals surface area contributed by atoms with Crippen LogP contribution in [0.3, 0.4) is 0 Å². The highest BCUT2D eigenvalue weighted by Crippen LogP contribution is 2.35. The third-order valence-electron chi connectivity index (χ3n) is 17.0. The fourth-order valence-corrected chi connectivity index (χ4v) is 11.9. The van der Waals surface area contributed by atoms with E-state index in [1.165, 1.54) is 0 Å². The molecule has 6 aromatic rings. The van der Waals surface area contributed by atoms with Gasteiger partial charge in [-0.1, -0.05) is 43.9 Å². The molecular weight excluding hydrogens is 1160 g/mol. The number of aryl methyl sites for hydroxylation is 4. The van der Waals surface area contributed by atoms with Gasteiger partial charge in [0.2, 0.25) is 17.7 Å². The highest BCUT2D eigenvalue weighted by atomic mass is 16.6. The number of unbranched alkanes of at least 4 members (excludes halogenated alkanes) is 5. The molecule has 6 amide bonds. The minimum Gasteiger partial charge on any atom is -0.382 e. The smallest absolute Gasteiger partial charge is 0.264 e. The lowest BCUT2D eigenvalue weighted by molar-refractivity contribution is -0.136. The van der Waals surface area contributed by atoms with E-state index in [1.807, 2.05) is 60.9 Å². The predicted molar refractivity (Wildman–Crippen MR) is 343 cm³/mol. The van der Waals surface area contributed by atoms with Gasteiger partial charge in [-0.05, 0) is 119 Å². The van der Waals surface area contributed by atoms with Gasteiger partial charge in [0.05, 0.1) is 89.4 Å². The summed E-state index contributed by atoms with van der Waals surface area (Å²) in [5.74, 6) is -1.36. The molecule has 488 valence electrons. The molecular formula is C67H88N12O12. The molecule has 2 atom stereocenters. The van der Waals surface area contributed by atoms with Crippen molar-refractivity contribution in [2.24, 2.45) is 0 Å². The Hall–Kier alpha value is -8.16. The topological polar surface area (TPSA) is 276 Å². The number of aromatic nitrogens is 6. The summed E-state index contributed by atoms with van der Waals surface area (Å²) in [6.45, 7) is 18.1. The largest absolute Gasteiger partial charge is 0.382 e. The molecule has 0 bridgehead atoms. The standard InChI is InChI=1S/C67H88N12O12/c1-6-48(5)78-43-46(3)61-53(63(82)70-42-54-45(2)38-47(4)71-64(54)83)39-50(40-57(61)78)49-18-20-58(69-41-49)75-23-25-76(26-24-75)60(81)17-12-10-8-7-9-11-14-51-44-77(74-73-51)27-29-88-31-33-90-35-37-91-36-34-89-32-30-87-28-22-68-55-16-13-15-52-62(55)67(86)79(66(52)85)56-19-21-59(80)72-65(56)84/h13,15-16,18,20,38-41,43-44,48,56,68H,6-12,14,17,19,21-37,42H2,1-5H3,(H,70,82)(H,71,83)(H,72,80,84)/t48-,56?/m0/s1. The first-order chi connectivity index (χ1) is 44.2. The summed E-state index contributed by atoms with van der Waals surface area (Å²) < 4.78 is 32.2. The molecule has 0 saturated carbocycles. The van der Waals surface area contributed by atoms with Crippen LogP contribution in [0.5, 0.6) is 0 Å². The van der Waals surface area contributed by atoms with Gasteiger partial charge in [0.1, 0.15) is 11.9 Å². The molecule has 2 aromatic carbocycles. The van der Waals surface area contributed by atoms with E-state index in [2.05, 4.69) is 72.9 Å². The van der Waals surface area contributed by atoms with Crippen LogP contribution >= 0.6 is 0 Å². The first-order valence-corrected chi connectivity index (χ1v) is 32.2. The number of piperidine rings is 1. The maximum Gasteiger partial charge on any atom is 0.264 e. The van der Waals surface area contributed by atoms with E-state index in [0.717, 1.165) is 107 Å². The van der Waals surface area contributed by atoms with E-state index in [9.17, 15) is 33.6 Å². The molecule has 2 saturated heterocycles. The number of benzene rings is 2. The number of aromatic amines is 1. The Labute approximate surface area is 531 Å². The minimum atomic E-state index is -1.02. The van der Waals surface area contributed by atoms with E-state index >= 15 is 0 Å². The SMILES string of the molecule is CC[C@H](C)n1cc(C)c2c(C(=O)NCc3c(C)cc(C)[nH]c3=O)cc(-c3ccc(N4CCN(C(=O)CCCCCCCCc5cn(CCOCCOCCOCCOCCOCCNc6cccc7c6C(=O)N(C6CCC(=O)NC6=O)C7=O)nn5)CC4)nc3)cc21. The molecule has 4 N–H and O–H groups in total. The molecule has 3 aliphatic heterocycles. The third kappa shape index (κ3) is 17.9. The van der Waals surface area contributed by atoms with Crippen molar-refractivity contribution in [2.45, 2.75) is 130 Å². The average molecular weight is 1250 g/mol. The monoisotopic (exact) mass is 1250 g/mol. The second-order valence-electron chi connectivity index (χ2n) is 23.6.